The van der Waals surface area contributed by atoms with E-state index in [0.29, 0.717) is 25.5 Å². The molecule has 1 heterocycles. The van der Waals surface area contributed by atoms with Gasteiger partial charge in [0.15, 0.2) is 0 Å². The van der Waals surface area contributed by atoms with Crippen LogP contribution in [-0.2, 0) is 4.79 Å². The Bertz CT molecular complexity index is 841. The number of thioether (sulfide) groups is 1. The Labute approximate surface area is 153 Å². The number of thiocarbonyl (C=S) groups is 1. The van der Waals surface area contributed by atoms with E-state index in [1.807, 2.05) is 18.2 Å². The van der Waals surface area contributed by atoms with Gasteiger partial charge in [-0.2, -0.15) is 0 Å². The zero-order valence-electron chi connectivity index (χ0n) is 12.3. The van der Waals surface area contributed by atoms with Gasteiger partial charge in [-0.1, -0.05) is 65.9 Å². The van der Waals surface area contributed by atoms with Gasteiger partial charge in [-0.25, -0.2) is 4.39 Å². The summed E-state index contributed by atoms with van der Waals surface area (Å²) < 4.78 is 14.2. The predicted octanol–water partition coefficient (Wildman–Crippen LogP) is 4.75. The van der Waals surface area contributed by atoms with Gasteiger partial charge in [0.2, 0.25) is 0 Å². The van der Waals surface area contributed by atoms with E-state index < -0.39 is 0 Å². The number of para-hydroxylation sites is 1. The summed E-state index contributed by atoms with van der Waals surface area (Å²) >= 11 is 12.5. The number of nitrogens with one attached hydrogen (secondary N) is 1. The number of hydrogen-bond acceptors (Lipinski definition) is 4. The van der Waals surface area contributed by atoms with Gasteiger partial charge < -0.3 is 5.32 Å². The molecule has 2 aromatic carbocycles. The standard InChI is InChI=1S/C17H12ClFN2OS2/c18-12-6-2-4-8-14(12)20-10-21-16(22)15(24-17(21)23)9-11-5-1-3-7-13(11)19/h1-9,20H,10H2/b15-9+. The molecule has 1 N–H and O–H groups in total. The van der Waals surface area contributed by atoms with Crippen LogP contribution in [0.15, 0.2) is 53.4 Å². The number of carbonyl (C=O) groups is 1. The van der Waals surface area contributed by atoms with Crippen molar-refractivity contribution >= 4 is 57.6 Å². The molecule has 122 valence electrons. The third-order valence-electron chi connectivity index (χ3n) is 3.37. The summed E-state index contributed by atoms with van der Waals surface area (Å²) in [6.45, 7) is 0.197. The SMILES string of the molecule is O=C1/C(=C\c2ccccc2F)SC(=S)N1CNc1ccccc1Cl. The van der Waals surface area contributed by atoms with Crippen LogP contribution < -0.4 is 5.32 Å². The maximum atomic E-state index is 13.7. The fourth-order valence-corrected chi connectivity index (χ4v) is 3.59. The summed E-state index contributed by atoms with van der Waals surface area (Å²) in [5, 5.41) is 3.64. The quantitative estimate of drug-likeness (QED) is 0.614. The third kappa shape index (κ3) is 3.61. The molecule has 1 aliphatic rings. The van der Waals surface area contributed by atoms with E-state index in [4.69, 9.17) is 23.8 Å². The van der Waals surface area contributed by atoms with Crippen molar-refractivity contribution in [3.63, 3.8) is 0 Å². The first-order chi connectivity index (χ1) is 11.6. The van der Waals surface area contributed by atoms with Crippen LogP contribution >= 0.6 is 35.6 Å². The summed E-state index contributed by atoms with van der Waals surface area (Å²) in [6.07, 6.45) is 1.52. The molecule has 1 fully saturated rings. The Hall–Kier alpha value is -1.89. The molecular formula is C17H12ClFN2OS2. The van der Waals surface area contributed by atoms with E-state index in [0.717, 1.165) is 11.8 Å². The van der Waals surface area contributed by atoms with E-state index in [-0.39, 0.29) is 18.4 Å². The molecule has 2 aromatic rings. The minimum Gasteiger partial charge on any atom is -0.366 e. The Morgan fingerprint density at radius 1 is 1.21 bits per heavy atom. The number of rotatable bonds is 4. The second kappa shape index (κ2) is 7.34. The molecule has 1 amide bonds. The number of halogens is 2. The van der Waals surface area contributed by atoms with Crippen LogP contribution in [0, 0.1) is 5.82 Å². The van der Waals surface area contributed by atoms with Crippen LogP contribution in [-0.4, -0.2) is 21.8 Å². The van der Waals surface area contributed by atoms with Crippen LogP contribution in [0.5, 0.6) is 0 Å². The lowest BCUT2D eigenvalue weighted by molar-refractivity contribution is -0.121. The highest BCUT2D eigenvalue weighted by Gasteiger charge is 2.32. The van der Waals surface area contributed by atoms with E-state index in [2.05, 4.69) is 5.32 Å². The van der Waals surface area contributed by atoms with E-state index in [1.54, 1.807) is 24.3 Å². The Morgan fingerprint density at radius 3 is 2.67 bits per heavy atom. The monoisotopic (exact) mass is 378 g/mol. The maximum Gasteiger partial charge on any atom is 0.267 e. The summed E-state index contributed by atoms with van der Waals surface area (Å²) in [4.78, 5) is 14.3. The summed E-state index contributed by atoms with van der Waals surface area (Å²) in [6, 6.07) is 13.5. The van der Waals surface area contributed by atoms with E-state index >= 15 is 0 Å². The van der Waals surface area contributed by atoms with Crippen molar-refractivity contribution in [3.05, 3.63) is 69.8 Å². The molecule has 0 radical (unpaired) electrons. The molecular weight excluding hydrogens is 367 g/mol. The second-order valence-corrected chi connectivity index (χ2v) is 7.03. The first-order valence-corrected chi connectivity index (χ1v) is 8.65. The van der Waals surface area contributed by atoms with Crippen LogP contribution in [0.3, 0.4) is 0 Å². The van der Waals surface area contributed by atoms with Gasteiger partial charge >= 0.3 is 0 Å². The largest absolute Gasteiger partial charge is 0.366 e. The average molecular weight is 379 g/mol. The van der Waals surface area contributed by atoms with Crippen molar-refractivity contribution < 1.29 is 9.18 Å². The van der Waals surface area contributed by atoms with Crippen molar-refractivity contribution in [2.75, 3.05) is 12.0 Å². The van der Waals surface area contributed by atoms with E-state index in [9.17, 15) is 9.18 Å². The van der Waals surface area contributed by atoms with Crippen molar-refractivity contribution in [1.29, 1.82) is 0 Å². The highest BCUT2D eigenvalue weighted by Crippen LogP contribution is 2.33. The van der Waals surface area contributed by atoms with Crippen molar-refractivity contribution in [2.24, 2.45) is 0 Å². The third-order valence-corrected chi connectivity index (χ3v) is 5.07. The molecule has 3 rings (SSSR count). The Balaban J connectivity index is 1.75. The van der Waals surface area contributed by atoms with Crippen LogP contribution in [0.2, 0.25) is 5.02 Å². The smallest absolute Gasteiger partial charge is 0.267 e. The molecule has 1 saturated heterocycles. The van der Waals surface area contributed by atoms with Gasteiger partial charge in [-0.3, -0.25) is 9.69 Å². The highest BCUT2D eigenvalue weighted by atomic mass is 35.5. The second-order valence-electron chi connectivity index (χ2n) is 4.95. The summed E-state index contributed by atoms with van der Waals surface area (Å²) in [7, 11) is 0. The van der Waals surface area contributed by atoms with Gasteiger partial charge in [-0.15, -0.1) is 0 Å². The predicted molar refractivity (Wildman–Crippen MR) is 101 cm³/mol. The molecule has 0 atom stereocenters. The molecule has 0 bridgehead atoms. The molecule has 7 heteroatoms. The summed E-state index contributed by atoms with van der Waals surface area (Å²) in [5.74, 6) is -0.634. The summed E-state index contributed by atoms with van der Waals surface area (Å²) in [5.41, 5.74) is 1.07. The van der Waals surface area contributed by atoms with Crippen LogP contribution in [0.25, 0.3) is 6.08 Å². The molecule has 0 spiro atoms. The highest BCUT2D eigenvalue weighted by molar-refractivity contribution is 8.26. The molecule has 0 unspecified atom stereocenters. The zero-order valence-corrected chi connectivity index (χ0v) is 14.7. The molecule has 3 nitrogen and oxygen atoms in total. The zero-order chi connectivity index (χ0) is 17.1. The van der Waals surface area contributed by atoms with Gasteiger partial charge in [0, 0.05) is 5.56 Å². The van der Waals surface area contributed by atoms with Crippen molar-refractivity contribution in [1.82, 2.24) is 4.90 Å². The Kier molecular flexibility index (Phi) is 5.18. The minimum atomic E-state index is -0.378. The van der Waals surface area contributed by atoms with Gasteiger partial charge in [0.1, 0.15) is 10.1 Å². The minimum absolute atomic E-state index is 0.197. The van der Waals surface area contributed by atoms with Gasteiger partial charge in [0.25, 0.3) is 5.91 Å². The van der Waals surface area contributed by atoms with Gasteiger partial charge in [0.05, 0.1) is 22.3 Å². The molecule has 0 saturated carbocycles. The van der Waals surface area contributed by atoms with Crippen LogP contribution in [0.1, 0.15) is 5.56 Å². The number of carbonyl (C=O) groups excluding carboxylic acids is 1. The lowest BCUT2D eigenvalue weighted by Gasteiger charge is -2.16. The number of benzene rings is 2. The molecule has 24 heavy (non-hydrogen) atoms. The number of anilines is 1. The van der Waals surface area contributed by atoms with Crippen molar-refractivity contribution in [2.45, 2.75) is 0 Å². The first kappa shape index (κ1) is 17.0. The lowest BCUT2D eigenvalue weighted by atomic mass is 10.2. The normalized spacial score (nSPS) is 16.1. The van der Waals surface area contributed by atoms with Crippen LogP contribution in [0.4, 0.5) is 10.1 Å². The topological polar surface area (TPSA) is 32.3 Å². The van der Waals surface area contributed by atoms with Crippen molar-refractivity contribution in [3.8, 4) is 0 Å². The van der Waals surface area contributed by atoms with E-state index in [1.165, 1.54) is 17.0 Å². The fourth-order valence-electron chi connectivity index (χ4n) is 2.14. The average Bonchev–Trinajstić information content (AvgIpc) is 2.83. The lowest BCUT2D eigenvalue weighted by Crippen LogP contribution is -2.33. The molecule has 1 aliphatic heterocycles. The number of nitrogens with zero attached hydrogens (tertiary/aromatic N) is 1. The maximum absolute atomic E-state index is 13.7. The Morgan fingerprint density at radius 2 is 1.92 bits per heavy atom. The number of amides is 1. The first-order valence-electron chi connectivity index (χ1n) is 7.04. The molecule has 0 aliphatic carbocycles. The fraction of sp³-hybridized carbons (Fsp3) is 0.0588. The van der Waals surface area contributed by atoms with Gasteiger partial charge in [-0.05, 0) is 24.3 Å². The molecule has 0 aromatic heterocycles. The number of hydrogen-bond donors (Lipinski definition) is 1.